The molecule has 6 rings (SSSR count). The molecule has 0 aliphatic carbocycles. The second-order valence-corrected chi connectivity index (χ2v) is 12.9. The third-order valence-corrected chi connectivity index (χ3v) is 9.30. The summed E-state index contributed by atoms with van der Waals surface area (Å²) in [5, 5.41) is 13.5. The largest absolute Gasteiger partial charge is 0.495 e. The maximum absolute atomic E-state index is 11.6. The van der Waals surface area contributed by atoms with Gasteiger partial charge in [0, 0.05) is 36.1 Å². The lowest BCUT2D eigenvalue weighted by molar-refractivity contribution is 0.290. The van der Waals surface area contributed by atoms with E-state index in [0.29, 0.717) is 25.5 Å². The summed E-state index contributed by atoms with van der Waals surface area (Å²) in [7, 11) is -1.18. The van der Waals surface area contributed by atoms with Crippen molar-refractivity contribution in [1.29, 1.82) is 0 Å². The van der Waals surface area contributed by atoms with Crippen LogP contribution in [0, 0.1) is 0 Å². The van der Waals surface area contributed by atoms with Crippen molar-refractivity contribution in [2.75, 3.05) is 55.4 Å². The Morgan fingerprint density at radius 2 is 1.81 bits per heavy atom. The number of nitrogens with zero attached hydrogens (tertiary/aromatic N) is 5. The molecule has 0 saturated carbocycles. The molecule has 2 N–H and O–H groups in total. The molecule has 1 aliphatic rings. The normalized spacial score (nSPS) is 15.2. The lowest BCUT2D eigenvalue weighted by Gasteiger charge is -2.26. The molecule has 0 radical (unpaired) electrons. The maximum Gasteiger partial charge on any atom is 0.152 e. The first-order chi connectivity index (χ1) is 20.5. The number of ether oxygens (including phenoxy) is 1. The van der Waals surface area contributed by atoms with Gasteiger partial charge in [0.15, 0.2) is 9.84 Å². The first-order valence-corrected chi connectivity index (χ1v) is 16.1. The minimum atomic E-state index is -2.84. The molecule has 0 unspecified atom stereocenters. The first-order valence-electron chi connectivity index (χ1n) is 14.2. The number of unbranched alkanes of at least 4 members (excludes halogenated alkanes) is 1. The van der Waals surface area contributed by atoms with Gasteiger partial charge in [-0.3, -0.25) is 4.68 Å². The third kappa shape index (κ3) is 6.47. The molecule has 0 amide bonds. The molecule has 1 saturated heterocycles. The van der Waals surface area contributed by atoms with E-state index < -0.39 is 9.84 Å². The predicted octanol–water partition coefficient (Wildman–Crippen LogP) is 4.70. The number of fused-ring (bicyclic) bond motifs is 2. The first kappa shape index (κ1) is 27.9. The van der Waals surface area contributed by atoms with Gasteiger partial charge in [0.2, 0.25) is 0 Å². The van der Waals surface area contributed by atoms with Gasteiger partial charge in [0.05, 0.1) is 48.1 Å². The standard InChI is InChI=1S/C31H35N7O3S/c1-41-30-18-26-27(19-28(30)32-11-5-6-12-37-13-15-42(39,40)16-14-37)33-22-34-31(26)36-25-9-10-29-24(17-25)20-35-38(29)21-23-7-3-2-4-8-23/h2-4,7-10,17-20,22,32H,5-6,11-16,21H2,1H3,(H,33,34,36). The summed E-state index contributed by atoms with van der Waals surface area (Å²) in [5.74, 6) is 1.96. The summed E-state index contributed by atoms with van der Waals surface area (Å²) in [4.78, 5) is 11.3. The van der Waals surface area contributed by atoms with E-state index in [1.807, 2.05) is 47.3 Å². The van der Waals surface area contributed by atoms with E-state index in [1.165, 1.54) is 5.56 Å². The molecular formula is C31H35N7O3S. The predicted molar refractivity (Wildman–Crippen MR) is 167 cm³/mol. The second-order valence-electron chi connectivity index (χ2n) is 10.6. The summed E-state index contributed by atoms with van der Waals surface area (Å²) in [6, 6.07) is 20.5. The Labute approximate surface area is 245 Å². The van der Waals surface area contributed by atoms with E-state index >= 15 is 0 Å². The molecule has 2 aromatic heterocycles. The quantitative estimate of drug-likeness (QED) is 0.213. The Balaban J connectivity index is 1.11. The van der Waals surface area contributed by atoms with Crippen LogP contribution >= 0.6 is 0 Å². The topological polar surface area (TPSA) is 114 Å². The van der Waals surface area contributed by atoms with Crippen molar-refractivity contribution in [2.24, 2.45) is 0 Å². The maximum atomic E-state index is 11.6. The van der Waals surface area contributed by atoms with Crippen LogP contribution in [0.2, 0.25) is 0 Å². The number of nitrogens with one attached hydrogen (secondary N) is 2. The number of hydrogen-bond acceptors (Lipinski definition) is 9. The Morgan fingerprint density at radius 3 is 2.62 bits per heavy atom. The van der Waals surface area contributed by atoms with Gasteiger partial charge in [-0.2, -0.15) is 5.10 Å². The van der Waals surface area contributed by atoms with Crippen LogP contribution in [0.4, 0.5) is 17.2 Å². The van der Waals surface area contributed by atoms with E-state index in [4.69, 9.17) is 4.74 Å². The van der Waals surface area contributed by atoms with Gasteiger partial charge < -0.3 is 20.3 Å². The van der Waals surface area contributed by atoms with Gasteiger partial charge in [-0.15, -0.1) is 0 Å². The zero-order valence-corrected chi connectivity index (χ0v) is 24.5. The van der Waals surface area contributed by atoms with Crippen LogP contribution in [0.3, 0.4) is 0 Å². The van der Waals surface area contributed by atoms with Crippen LogP contribution in [0.1, 0.15) is 18.4 Å². The lowest BCUT2D eigenvalue weighted by atomic mass is 10.1. The zero-order valence-electron chi connectivity index (χ0n) is 23.7. The third-order valence-electron chi connectivity index (χ3n) is 7.69. The zero-order chi connectivity index (χ0) is 28.9. The Kier molecular flexibility index (Phi) is 8.20. The van der Waals surface area contributed by atoms with Crippen LogP contribution in [0.25, 0.3) is 21.8 Å². The van der Waals surface area contributed by atoms with Gasteiger partial charge in [-0.25, -0.2) is 18.4 Å². The molecular weight excluding hydrogens is 550 g/mol. The van der Waals surface area contributed by atoms with Crippen LogP contribution in [0.5, 0.6) is 5.75 Å². The fraction of sp³-hybridized carbons (Fsp3) is 0.323. The minimum absolute atomic E-state index is 0.270. The number of benzene rings is 3. The summed E-state index contributed by atoms with van der Waals surface area (Å²) < 4.78 is 31.0. The molecule has 218 valence electrons. The van der Waals surface area contributed by atoms with Crippen molar-refractivity contribution in [3.63, 3.8) is 0 Å². The van der Waals surface area contributed by atoms with Crippen molar-refractivity contribution in [1.82, 2.24) is 24.6 Å². The van der Waals surface area contributed by atoms with E-state index in [0.717, 1.165) is 64.9 Å². The van der Waals surface area contributed by atoms with Gasteiger partial charge in [0.25, 0.3) is 0 Å². The highest BCUT2D eigenvalue weighted by molar-refractivity contribution is 7.91. The van der Waals surface area contributed by atoms with E-state index in [1.54, 1.807) is 13.4 Å². The Morgan fingerprint density at radius 1 is 0.976 bits per heavy atom. The van der Waals surface area contributed by atoms with Gasteiger partial charge in [0.1, 0.15) is 17.9 Å². The van der Waals surface area contributed by atoms with Crippen molar-refractivity contribution in [2.45, 2.75) is 19.4 Å². The lowest BCUT2D eigenvalue weighted by Crippen LogP contribution is -2.40. The highest BCUT2D eigenvalue weighted by Crippen LogP contribution is 2.33. The van der Waals surface area contributed by atoms with E-state index in [9.17, 15) is 8.42 Å². The van der Waals surface area contributed by atoms with Crippen LogP contribution in [-0.2, 0) is 16.4 Å². The molecule has 11 heteroatoms. The van der Waals surface area contributed by atoms with Crippen molar-refractivity contribution in [3.05, 3.63) is 78.8 Å². The Hall–Kier alpha value is -4.22. The molecule has 42 heavy (non-hydrogen) atoms. The summed E-state index contributed by atoms with van der Waals surface area (Å²) in [6.07, 6.45) is 5.41. The number of aromatic nitrogens is 4. The fourth-order valence-corrected chi connectivity index (χ4v) is 6.61. The highest BCUT2D eigenvalue weighted by Gasteiger charge is 2.20. The average Bonchev–Trinajstić information content (AvgIpc) is 3.39. The second kappa shape index (κ2) is 12.3. The molecule has 0 atom stereocenters. The number of methoxy groups -OCH3 is 1. The minimum Gasteiger partial charge on any atom is -0.495 e. The van der Waals surface area contributed by atoms with E-state index in [-0.39, 0.29) is 11.5 Å². The molecule has 0 spiro atoms. The van der Waals surface area contributed by atoms with Gasteiger partial charge >= 0.3 is 0 Å². The number of sulfone groups is 1. The Bertz CT molecular complexity index is 1780. The monoisotopic (exact) mass is 585 g/mol. The molecule has 1 aliphatic heterocycles. The van der Waals surface area contributed by atoms with E-state index in [2.05, 4.69) is 54.9 Å². The summed E-state index contributed by atoms with van der Waals surface area (Å²) in [6.45, 7) is 3.68. The molecule has 3 aromatic carbocycles. The van der Waals surface area contributed by atoms with Gasteiger partial charge in [-0.1, -0.05) is 30.3 Å². The molecule has 0 bridgehead atoms. The number of rotatable bonds is 11. The summed E-state index contributed by atoms with van der Waals surface area (Å²) in [5.41, 5.74) is 4.87. The fourth-order valence-electron chi connectivity index (χ4n) is 5.33. The molecule has 5 aromatic rings. The SMILES string of the molecule is COc1cc2c(Nc3ccc4c(cnn4Cc4ccccc4)c3)ncnc2cc1NCCCCN1CCS(=O)(=O)CC1. The average molecular weight is 586 g/mol. The molecule has 1 fully saturated rings. The molecule has 10 nitrogen and oxygen atoms in total. The molecule has 3 heterocycles. The summed E-state index contributed by atoms with van der Waals surface area (Å²) >= 11 is 0. The van der Waals surface area contributed by atoms with Gasteiger partial charge in [-0.05, 0) is 55.3 Å². The van der Waals surface area contributed by atoms with Crippen molar-refractivity contribution >= 4 is 48.8 Å². The smallest absolute Gasteiger partial charge is 0.152 e. The van der Waals surface area contributed by atoms with Crippen molar-refractivity contribution in [3.8, 4) is 5.75 Å². The van der Waals surface area contributed by atoms with Crippen LogP contribution in [0.15, 0.2) is 73.2 Å². The van der Waals surface area contributed by atoms with Crippen LogP contribution < -0.4 is 15.4 Å². The van der Waals surface area contributed by atoms with Crippen molar-refractivity contribution < 1.29 is 13.2 Å². The highest BCUT2D eigenvalue weighted by atomic mass is 32.2. The number of anilines is 3. The number of hydrogen-bond donors (Lipinski definition) is 2. The van der Waals surface area contributed by atoms with Crippen LogP contribution in [-0.4, -0.2) is 77.9 Å².